The number of benzene rings is 2. The van der Waals surface area contributed by atoms with Crippen LogP contribution in [0.2, 0.25) is 0 Å². The SMILES string of the molecule is COCCNC(=O)C(=O)NN=Cc1ccc(OCc2ccc(F)cc2)cc1. The third-order valence-corrected chi connectivity index (χ3v) is 3.38. The number of ether oxygens (including phenoxy) is 2. The molecule has 0 aliphatic carbocycles. The number of methoxy groups -OCH3 is 1. The van der Waals surface area contributed by atoms with Crippen LogP contribution in [0.4, 0.5) is 4.39 Å². The van der Waals surface area contributed by atoms with Crippen molar-refractivity contribution < 1.29 is 23.5 Å². The van der Waals surface area contributed by atoms with Gasteiger partial charge in [0.15, 0.2) is 0 Å². The molecule has 0 saturated heterocycles. The third kappa shape index (κ3) is 7.25. The van der Waals surface area contributed by atoms with Gasteiger partial charge in [0, 0.05) is 13.7 Å². The molecular weight excluding hydrogens is 353 g/mol. The average molecular weight is 373 g/mol. The second kappa shape index (κ2) is 10.7. The maximum absolute atomic E-state index is 12.9. The molecule has 142 valence electrons. The zero-order valence-corrected chi connectivity index (χ0v) is 14.8. The first-order valence-electron chi connectivity index (χ1n) is 8.16. The molecule has 2 aromatic rings. The minimum Gasteiger partial charge on any atom is -0.489 e. The Morgan fingerprint density at radius 1 is 1.07 bits per heavy atom. The summed E-state index contributed by atoms with van der Waals surface area (Å²) in [4.78, 5) is 22.9. The normalized spacial score (nSPS) is 10.6. The molecule has 0 fully saturated rings. The highest BCUT2D eigenvalue weighted by molar-refractivity contribution is 6.35. The van der Waals surface area contributed by atoms with Crippen molar-refractivity contribution in [2.75, 3.05) is 20.3 Å². The second-order valence-electron chi connectivity index (χ2n) is 5.43. The zero-order chi connectivity index (χ0) is 19.5. The topological polar surface area (TPSA) is 89.0 Å². The molecule has 8 heteroatoms. The van der Waals surface area contributed by atoms with Gasteiger partial charge in [0.1, 0.15) is 18.2 Å². The predicted octanol–water partition coefficient (Wildman–Crippen LogP) is 1.62. The highest BCUT2D eigenvalue weighted by Crippen LogP contribution is 2.13. The summed E-state index contributed by atoms with van der Waals surface area (Å²) < 4.78 is 23.2. The highest BCUT2D eigenvalue weighted by Gasteiger charge is 2.11. The number of amides is 2. The van der Waals surface area contributed by atoms with E-state index >= 15 is 0 Å². The van der Waals surface area contributed by atoms with Crippen molar-refractivity contribution in [3.8, 4) is 5.75 Å². The number of halogens is 1. The molecule has 0 aromatic heterocycles. The van der Waals surface area contributed by atoms with Crippen LogP contribution in [-0.4, -0.2) is 38.3 Å². The molecule has 0 atom stereocenters. The van der Waals surface area contributed by atoms with Gasteiger partial charge in [-0.1, -0.05) is 12.1 Å². The number of nitrogens with one attached hydrogen (secondary N) is 2. The maximum atomic E-state index is 12.9. The summed E-state index contributed by atoms with van der Waals surface area (Å²) >= 11 is 0. The standard InChI is InChI=1S/C19H20FN3O4/c1-26-11-10-21-18(24)19(25)23-22-12-14-4-8-17(9-5-14)27-13-15-2-6-16(20)7-3-15/h2-9,12H,10-11,13H2,1H3,(H,21,24)(H,23,25). The second-order valence-corrected chi connectivity index (χ2v) is 5.43. The summed E-state index contributed by atoms with van der Waals surface area (Å²) in [6, 6.07) is 13.0. The smallest absolute Gasteiger partial charge is 0.329 e. The number of nitrogens with zero attached hydrogens (tertiary/aromatic N) is 1. The van der Waals surface area contributed by atoms with Gasteiger partial charge in [-0.25, -0.2) is 9.82 Å². The molecule has 0 radical (unpaired) electrons. The van der Waals surface area contributed by atoms with Gasteiger partial charge in [0.25, 0.3) is 0 Å². The van der Waals surface area contributed by atoms with Gasteiger partial charge in [0.2, 0.25) is 0 Å². The molecule has 2 amide bonds. The van der Waals surface area contributed by atoms with Crippen molar-refractivity contribution in [2.45, 2.75) is 6.61 Å². The fourth-order valence-corrected chi connectivity index (χ4v) is 1.96. The quantitative estimate of drug-likeness (QED) is 0.318. The van der Waals surface area contributed by atoms with Gasteiger partial charge in [-0.05, 0) is 47.5 Å². The summed E-state index contributed by atoms with van der Waals surface area (Å²) in [7, 11) is 1.50. The molecule has 0 aliphatic heterocycles. The van der Waals surface area contributed by atoms with Crippen molar-refractivity contribution in [1.82, 2.24) is 10.7 Å². The summed E-state index contributed by atoms with van der Waals surface area (Å²) in [6.07, 6.45) is 1.41. The van der Waals surface area contributed by atoms with Crippen molar-refractivity contribution in [3.63, 3.8) is 0 Å². The fraction of sp³-hybridized carbons (Fsp3) is 0.211. The highest BCUT2D eigenvalue weighted by atomic mass is 19.1. The lowest BCUT2D eigenvalue weighted by molar-refractivity contribution is -0.139. The molecule has 0 aliphatic rings. The van der Waals surface area contributed by atoms with Gasteiger partial charge in [0.05, 0.1) is 12.8 Å². The number of carbonyl (C=O) groups is 2. The molecule has 0 saturated carbocycles. The average Bonchev–Trinajstić information content (AvgIpc) is 2.68. The Labute approximate surface area is 156 Å². The molecule has 27 heavy (non-hydrogen) atoms. The molecule has 2 aromatic carbocycles. The van der Waals surface area contributed by atoms with Crippen LogP contribution in [0.1, 0.15) is 11.1 Å². The Balaban J connectivity index is 1.77. The Kier molecular flexibility index (Phi) is 7.92. The van der Waals surface area contributed by atoms with Crippen LogP contribution >= 0.6 is 0 Å². The van der Waals surface area contributed by atoms with Crippen LogP contribution in [0.3, 0.4) is 0 Å². The summed E-state index contributed by atoms with van der Waals surface area (Å²) in [5.41, 5.74) is 3.71. The van der Waals surface area contributed by atoms with E-state index in [0.717, 1.165) is 5.56 Å². The Morgan fingerprint density at radius 2 is 1.78 bits per heavy atom. The molecular formula is C19H20FN3O4. The minimum absolute atomic E-state index is 0.242. The fourth-order valence-electron chi connectivity index (χ4n) is 1.96. The number of carbonyl (C=O) groups excluding carboxylic acids is 2. The van der Waals surface area contributed by atoms with Gasteiger partial charge in [-0.15, -0.1) is 0 Å². The molecule has 0 bridgehead atoms. The molecule has 2 rings (SSSR count). The monoisotopic (exact) mass is 373 g/mol. The number of hydrogen-bond acceptors (Lipinski definition) is 5. The van der Waals surface area contributed by atoms with Crippen molar-refractivity contribution in [1.29, 1.82) is 0 Å². The van der Waals surface area contributed by atoms with Crippen molar-refractivity contribution >= 4 is 18.0 Å². The van der Waals surface area contributed by atoms with Gasteiger partial charge < -0.3 is 14.8 Å². The predicted molar refractivity (Wildman–Crippen MR) is 97.8 cm³/mol. The van der Waals surface area contributed by atoms with E-state index in [0.29, 0.717) is 24.5 Å². The van der Waals surface area contributed by atoms with Crippen molar-refractivity contribution in [2.24, 2.45) is 5.10 Å². The van der Waals surface area contributed by atoms with E-state index in [-0.39, 0.29) is 12.4 Å². The lowest BCUT2D eigenvalue weighted by Gasteiger charge is -2.06. The van der Waals surface area contributed by atoms with Gasteiger partial charge >= 0.3 is 11.8 Å². The first-order valence-corrected chi connectivity index (χ1v) is 8.16. The lowest BCUT2D eigenvalue weighted by Crippen LogP contribution is -2.39. The van der Waals surface area contributed by atoms with Crippen LogP contribution in [0.15, 0.2) is 53.6 Å². The molecule has 2 N–H and O–H groups in total. The number of hydrazone groups is 1. The largest absolute Gasteiger partial charge is 0.489 e. The van der Waals surface area contributed by atoms with E-state index < -0.39 is 11.8 Å². The molecule has 0 heterocycles. The van der Waals surface area contributed by atoms with E-state index in [1.54, 1.807) is 36.4 Å². The van der Waals surface area contributed by atoms with Crippen LogP contribution in [0.25, 0.3) is 0 Å². The molecule has 7 nitrogen and oxygen atoms in total. The third-order valence-electron chi connectivity index (χ3n) is 3.38. The van der Waals surface area contributed by atoms with Crippen LogP contribution in [-0.2, 0) is 20.9 Å². The van der Waals surface area contributed by atoms with E-state index in [2.05, 4.69) is 15.8 Å². The summed E-state index contributed by atoms with van der Waals surface area (Å²) in [6.45, 7) is 0.881. The van der Waals surface area contributed by atoms with Gasteiger partial charge in [-0.2, -0.15) is 5.10 Å². The zero-order valence-electron chi connectivity index (χ0n) is 14.8. The van der Waals surface area contributed by atoms with E-state index in [1.165, 1.54) is 25.5 Å². The van der Waals surface area contributed by atoms with E-state index in [9.17, 15) is 14.0 Å². The van der Waals surface area contributed by atoms with E-state index in [4.69, 9.17) is 9.47 Å². The van der Waals surface area contributed by atoms with Crippen LogP contribution < -0.4 is 15.5 Å². The van der Waals surface area contributed by atoms with Crippen LogP contribution in [0, 0.1) is 5.82 Å². The molecule has 0 spiro atoms. The maximum Gasteiger partial charge on any atom is 0.329 e. The first-order chi connectivity index (χ1) is 13.1. The summed E-state index contributed by atoms with van der Waals surface area (Å²) in [5.74, 6) is -1.30. The van der Waals surface area contributed by atoms with Crippen molar-refractivity contribution in [3.05, 3.63) is 65.5 Å². The minimum atomic E-state index is -0.860. The Morgan fingerprint density at radius 3 is 2.44 bits per heavy atom. The lowest BCUT2D eigenvalue weighted by atomic mass is 10.2. The van der Waals surface area contributed by atoms with Gasteiger partial charge in [-0.3, -0.25) is 9.59 Å². The molecule has 0 unspecified atom stereocenters. The number of hydrogen-bond donors (Lipinski definition) is 2. The Bertz CT molecular complexity index is 777. The van der Waals surface area contributed by atoms with Crippen LogP contribution in [0.5, 0.6) is 5.75 Å². The first kappa shape index (κ1) is 20.1. The summed E-state index contributed by atoms with van der Waals surface area (Å²) in [5, 5.41) is 6.11. The Hall–Kier alpha value is -3.26. The number of rotatable bonds is 8. The van der Waals surface area contributed by atoms with E-state index in [1.807, 2.05) is 0 Å².